The van der Waals surface area contributed by atoms with Gasteiger partial charge in [0.2, 0.25) is 0 Å². The number of hydrogen-bond acceptors (Lipinski definition) is 3. The lowest BCUT2D eigenvalue weighted by Gasteiger charge is -2.61. The number of fused-ring (bicyclic) bond motifs is 5. The quantitative estimate of drug-likeness (QED) is 0.577. The zero-order valence-electron chi connectivity index (χ0n) is 19.1. The van der Waals surface area contributed by atoms with Crippen LogP contribution in [-0.2, 0) is 9.47 Å². The highest BCUT2D eigenvalue weighted by Crippen LogP contribution is 2.69. The van der Waals surface area contributed by atoms with Gasteiger partial charge in [0, 0.05) is 5.92 Å². The van der Waals surface area contributed by atoms with Crippen LogP contribution in [0, 0.1) is 40.4 Å². The lowest BCUT2D eigenvalue weighted by Crippen LogP contribution is -2.54. The summed E-state index contributed by atoms with van der Waals surface area (Å²) < 4.78 is 12.3. The van der Waals surface area contributed by atoms with Crippen molar-refractivity contribution in [3.8, 4) is 0 Å². The molecule has 0 amide bonds. The molecular weight excluding hydrogens is 360 g/mol. The summed E-state index contributed by atoms with van der Waals surface area (Å²) in [5.41, 5.74) is 1.10. The molecule has 0 bridgehead atoms. The molecule has 0 aromatic rings. The summed E-state index contributed by atoms with van der Waals surface area (Å²) in [7, 11) is 0. The maximum Gasteiger partial charge on any atom is 0.169 e. The summed E-state index contributed by atoms with van der Waals surface area (Å²) in [6.07, 6.45) is 16.1. The van der Waals surface area contributed by atoms with Crippen LogP contribution in [0.15, 0.2) is 12.7 Å². The molecule has 0 radical (unpaired) electrons. The van der Waals surface area contributed by atoms with E-state index in [0.717, 1.165) is 36.9 Å². The van der Waals surface area contributed by atoms with Gasteiger partial charge in [0.15, 0.2) is 5.79 Å². The minimum atomic E-state index is -0.303. The topological polar surface area (TPSA) is 38.7 Å². The van der Waals surface area contributed by atoms with Crippen molar-refractivity contribution in [3.05, 3.63) is 12.7 Å². The van der Waals surface area contributed by atoms with Gasteiger partial charge in [-0.2, -0.15) is 0 Å². The molecule has 0 aromatic carbocycles. The van der Waals surface area contributed by atoms with Crippen LogP contribution in [-0.4, -0.2) is 30.7 Å². The second-order valence-electron chi connectivity index (χ2n) is 11.3. The Kier molecular flexibility index (Phi) is 6.23. The van der Waals surface area contributed by atoms with Gasteiger partial charge in [-0.1, -0.05) is 32.8 Å². The monoisotopic (exact) mass is 404 g/mol. The SMILES string of the molecule is C=CCO.CC1(C2CCC3C4CCC5CCCCC5(C)C4CCC32C)OCCO1. The van der Waals surface area contributed by atoms with E-state index in [4.69, 9.17) is 14.6 Å². The zero-order valence-corrected chi connectivity index (χ0v) is 19.1. The van der Waals surface area contributed by atoms with Gasteiger partial charge in [0.1, 0.15) is 0 Å². The first kappa shape index (κ1) is 21.8. The Morgan fingerprint density at radius 2 is 1.55 bits per heavy atom. The minimum absolute atomic E-state index is 0.0833. The summed E-state index contributed by atoms with van der Waals surface area (Å²) in [5.74, 6) is 4.23. The highest BCUT2D eigenvalue weighted by atomic mass is 16.7. The van der Waals surface area contributed by atoms with Gasteiger partial charge in [-0.05, 0) is 92.8 Å². The van der Waals surface area contributed by atoms with Gasteiger partial charge in [0.25, 0.3) is 0 Å². The Labute approximate surface area is 178 Å². The van der Waals surface area contributed by atoms with Crippen molar-refractivity contribution in [2.24, 2.45) is 40.4 Å². The first-order valence-corrected chi connectivity index (χ1v) is 12.4. The van der Waals surface area contributed by atoms with Gasteiger partial charge >= 0.3 is 0 Å². The second kappa shape index (κ2) is 8.28. The highest BCUT2D eigenvalue weighted by Gasteiger charge is 2.63. The van der Waals surface area contributed by atoms with Crippen molar-refractivity contribution in [2.45, 2.75) is 90.8 Å². The number of hydrogen-bond donors (Lipinski definition) is 1. The van der Waals surface area contributed by atoms with Crippen LogP contribution in [0.2, 0.25) is 0 Å². The predicted octanol–water partition coefficient (Wildman–Crippen LogP) is 5.96. The van der Waals surface area contributed by atoms with Crippen molar-refractivity contribution < 1.29 is 14.6 Å². The normalized spacial score (nSPS) is 47.9. The van der Waals surface area contributed by atoms with Gasteiger partial charge in [-0.25, -0.2) is 0 Å². The molecule has 1 N–H and O–H groups in total. The Balaban J connectivity index is 0.000000472. The van der Waals surface area contributed by atoms with E-state index >= 15 is 0 Å². The average Bonchev–Trinajstić information content (AvgIpc) is 3.31. The van der Waals surface area contributed by atoms with E-state index in [2.05, 4.69) is 27.4 Å². The summed E-state index contributed by atoms with van der Waals surface area (Å²) in [6, 6.07) is 0. The summed E-state index contributed by atoms with van der Waals surface area (Å²) >= 11 is 0. The highest BCUT2D eigenvalue weighted by molar-refractivity contribution is 5.10. The molecule has 5 fully saturated rings. The standard InChI is InChI=1S/C23H38O2.C3H6O/c1-21-12-5-4-6-16(21)7-8-17-18-9-10-20(23(3)24-14-15-25-23)22(18,2)13-11-19(17)21;1-2-3-4/h16-20H,4-15H2,1-3H3;2,4H,1,3H2. The molecule has 0 aromatic heterocycles. The summed E-state index contributed by atoms with van der Waals surface area (Å²) in [6.45, 7) is 12.4. The maximum absolute atomic E-state index is 7.76. The molecule has 166 valence electrons. The Morgan fingerprint density at radius 1 is 0.862 bits per heavy atom. The molecule has 29 heavy (non-hydrogen) atoms. The van der Waals surface area contributed by atoms with Crippen LogP contribution >= 0.6 is 0 Å². The smallest absolute Gasteiger partial charge is 0.169 e. The molecule has 0 spiro atoms. The molecule has 5 rings (SSSR count). The molecule has 1 aliphatic heterocycles. The van der Waals surface area contributed by atoms with Crippen molar-refractivity contribution in [2.75, 3.05) is 19.8 Å². The third-order valence-corrected chi connectivity index (χ3v) is 10.2. The van der Waals surface area contributed by atoms with Crippen LogP contribution in [0.3, 0.4) is 0 Å². The van der Waals surface area contributed by atoms with E-state index in [-0.39, 0.29) is 12.4 Å². The van der Waals surface area contributed by atoms with Crippen LogP contribution in [0.5, 0.6) is 0 Å². The summed E-state index contributed by atoms with van der Waals surface area (Å²) in [5, 5.41) is 7.76. The molecule has 4 saturated carbocycles. The number of rotatable bonds is 2. The maximum atomic E-state index is 7.76. The fraction of sp³-hybridized carbons (Fsp3) is 0.923. The molecule has 1 saturated heterocycles. The van der Waals surface area contributed by atoms with Crippen molar-refractivity contribution in [3.63, 3.8) is 0 Å². The van der Waals surface area contributed by atoms with Gasteiger partial charge in [-0.15, -0.1) is 6.58 Å². The molecule has 3 nitrogen and oxygen atoms in total. The van der Waals surface area contributed by atoms with E-state index in [0.29, 0.717) is 16.7 Å². The van der Waals surface area contributed by atoms with Crippen LogP contribution < -0.4 is 0 Å². The second-order valence-corrected chi connectivity index (χ2v) is 11.3. The van der Waals surface area contributed by atoms with Gasteiger partial charge in [0.05, 0.1) is 19.8 Å². The molecule has 1 heterocycles. The van der Waals surface area contributed by atoms with Gasteiger partial charge < -0.3 is 14.6 Å². The van der Waals surface area contributed by atoms with Crippen LogP contribution in [0.1, 0.15) is 85.0 Å². The lowest BCUT2D eigenvalue weighted by molar-refractivity contribution is -0.218. The number of aliphatic hydroxyl groups is 1. The van der Waals surface area contributed by atoms with Crippen LogP contribution in [0.25, 0.3) is 0 Å². The third-order valence-electron chi connectivity index (χ3n) is 10.2. The Hall–Kier alpha value is -0.380. The van der Waals surface area contributed by atoms with E-state index in [1.54, 1.807) is 0 Å². The Bertz CT molecular complexity index is 583. The molecule has 7 atom stereocenters. The summed E-state index contributed by atoms with van der Waals surface area (Å²) in [4.78, 5) is 0. The molecule has 7 unspecified atom stereocenters. The third kappa shape index (κ3) is 3.53. The first-order chi connectivity index (χ1) is 13.9. The van der Waals surface area contributed by atoms with Crippen molar-refractivity contribution in [1.29, 1.82) is 0 Å². The fourth-order valence-corrected chi connectivity index (χ4v) is 8.89. The minimum Gasteiger partial charge on any atom is -0.392 e. The molecule has 3 heteroatoms. The van der Waals surface area contributed by atoms with Gasteiger partial charge in [-0.3, -0.25) is 0 Å². The zero-order chi connectivity index (χ0) is 20.7. The lowest BCUT2D eigenvalue weighted by atomic mass is 9.44. The predicted molar refractivity (Wildman–Crippen MR) is 117 cm³/mol. The molecular formula is C26H44O3. The van der Waals surface area contributed by atoms with E-state index in [1.807, 2.05) is 0 Å². The number of aliphatic hydroxyl groups excluding tert-OH is 1. The average molecular weight is 405 g/mol. The fourth-order valence-electron chi connectivity index (χ4n) is 8.89. The largest absolute Gasteiger partial charge is 0.392 e. The number of ether oxygens (including phenoxy) is 2. The molecule has 5 aliphatic rings. The van der Waals surface area contributed by atoms with Crippen LogP contribution in [0.4, 0.5) is 0 Å². The van der Waals surface area contributed by atoms with Crippen molar-refractivity contribution in [1.82, 2.24) is 0 Å². The van der Waals surface area contributed by atoms with Crippen molar-refractivity contribution >= 4 is 0 Å². The first-order valence-electron chi connectivity index (χ1n) is 12.4. The Morgan fingerprint density at radius 3 is 2.24 bits per heavy atom. The molecule has 4 aliphatic carbocycles. The van der Waals surface area contributed by atoms with E-state index in [1.165, 1.54) is 70.3 Å². The van der Waals surface area contributed by atoms with E-state index in [9.17, 15) is 0 Å². The van der Waals surface area contributed by atoms with E-state index < -0.39 is 0 Å².